The van der Waals surface area contributed by atoms with Crippen molar-refractivity contribution in [2.75, 3.05) is 0 Å². The number of benzene rings is 2. The molecule has 0 saturated carbocycles. The van der Waals surface area contributed by atoms with Gasteiger partial charge < -0.3 is 4.40 Å². The van der Waals surface area contributed by atoms with E-state index in [0.29, 0.717) is 0 Å². The second-order valence-corrected chi connectivity index (χ2v) is 7.45. The molecule has 1 nitrogen and oxygen atoms in total. The van der Waals surface area contributed by atoms with Gasteiger partial charge in [-0.05, 0) is 85.2 Å². The minimum absolute atomic E-state index is 0.987. The van der Waals surface area contributed by atoms with Crippen LogP contribution in [-0.4, -0.2) is 4.40 Å². The van der Waals surface area contributed by atoms with Crippen LogP contribution in [0.3, 0.4) is 0 Å². The number of hydrogen-bond acceptors (Lipinski definition) is 0. The summed E-state index contributed by atoms with van der Waals surface area (Å²) in [7, 11) is 0. The summed E-state index contributed by atoms with van der Waals surface area (Å²) in [4.78, 5) is 0. The second-order valence-electron chi connectivity index (χ2n) is 7.45. The Hall–Kier alpha value is -2.80. The summed E-state index contributed by atoms with van der Waals surface area (Å²) in [5.74, 6) is 0. The van der Waals surface area contributed by atoms with Gasteiger partial charge in [0, 0.05) is 23.5 Å². The van der Waals surface area contributed by atoms with Crippen molar-refractivity contribution in [3.63, 3.8) is 0 Å². The van der Waals surface area contributed by atoms with E-state index in [1.54, 1.807) is 0 Å². The van der Waals surface area contributed by atoms with E-state index in [1.165, 1.54) is 50.0 Å². The average Bonchev–Trinajstić information content (AvgIpc) is 3.03. The summed E-state index contributed by atoms with van der Waals surface area (Å²) < 4.78 is 2.24. The highest BCUT2D eigenvalue weighted by atomic mass is 14.9. The molecule has 26 heavy (non-hydrogen) atoms. The van der Waals surface area contributed by atoms with Gasteiger partial charge in [0.2, 0.25) is 0 Å². The first-order chi connectivity index (χ1) is 12.5. The second kappa shape index (κ2) is 6.49. The molecule has 2 aromatic carbocycles. The molecule has 0 spiro atoms. The summed E-state index contributed by atoms with van der Waals surface area (Å²) in [6, 6.07) is 19.9. The fourth-order valence-electron chi connectivity index (χ4n) is 3.70. The van der Waals surface area contributed by atoms with Crippen molar-refractivity contribution in [1.29, 1.82) is 0 Å². The van der Waals surface area contributed by atoms with Crippen LogP contribution in [0.5, 0.6) is 0 Å². The fraction of sp³-hybridized carbons (Fsp3) is 0.200. The molecule has 0 aliphatic rings. The first kappa shape index (κ1) is 16.7. The summed E-state index contributed by atoms with van der Waals surface area (Å²) in [5, 5.41) is 0. The smallest absolute Gasteiger partial charge is 0.0459 e. The lowest BCUT2D eigenvalue weighted by Gasteiger charge is -2.12. The molecule has 4 aromatic rings. The Bertz CT molecular complexity index is 1080. The molecule has 2 heterocycles. The summed E-state index contributed by atoms with van der Waals surface area (Å²) in [6.45, 7) is 8.83. The van der Waals surface area contributed by atoms with Crippen molar-refractivity contribution < 1.29 is 0 Å². The van der Waals surface area contributed by atoms with Gasteiger partial charge in [0.05, 0.1) is 0 Å². The zero-order valence-corrected chi connectivity index (χ0v) is 16.0. The standard InChI is InChI=1S/C25H25N/c1-17-10-19(3)22(11-18(17)2)12-23-13-25-14-24(16-26(25)15-20(23)4)21-8-6-5-7-9-21/h5-11,13-16H,12H2,1-4H3. The van der Waals surface area contributed by atoms with E-state index < -0.39 is 0 Å². The molecule has 130 valence electrons. The Morgan fingerprint density at radius 3 is 2.08 bits per heavy atom. The lowest BCUT2D eigenvalue weighted by atomic mass is 9.94. The molecule has 0 atom stereocenters. The van der Waals surface area contributed by atoms with E-state index in [9.17, 15) is 0 Å². The van der Waals surface area contributed by atoms with E-state index in [-0.39, 0.29) is 0 Å². The quantitative estimate of drug-likeness (QED) is 0.405. The number of aromatic nitrogens is 1. The number of hydrogen-bond donors (Lipinski definition) is 0. The number of nitrogens with zero attached hydrogens (tertiary/aromatic N) is 1. The Morgan fingerprint density at radius 1 is 0.615 bits per heavy atom. The normalized spacial score (nSPS) is 11.2. The van der Waals surface area contributed by atoms with E-state index in [2.05, 4.69) is 99.1 Å². The molecular formula is C25H25N. The number of rotatable bonds is 3. The molecule has 0 aliphatic heterocycles. The maximum absolute atomic E-state index is 2.35. The molecule has 2 aromatic heterocycles. The molecule has 0 unspecified atom stereocenters. The Labute approximate surface area is 155 Å². The van der Waals surface area contributed by atoms with Gasteiger partial charge in [-0.25, -0.2) is 0 Å². The first-order valence-electron chi connectivity index (χ1n) is 9.24. The summed E-state index contributed by atoms with van der Waals surface area (Å²) in [5.41, 5.74) is 12.1. The van der Waals surface area contributed by atoms with E-state index in [1.807, 2.05) is 0 Å². The van der Waals surface area contributed by atoms with Crippen LogP contribution in [0.4, 0.5) is 0 Å². The van der Waals surface area contributed by atoms with Crippen LogP contribution < -0.4 is 0 Å². The van der Waals surface area contributed by atoms with Gasteiger partial charge in [-0.15, -0.1) is 0 Å². The minimum atomic E-state index is 0.987. The van der Waals surface area contributed by atoms with Crippen LogP contribution in [-0.2, 0) is 6.42 Å². The highest BCUT2D eigenvalue weighted by molar-refractivity contribution is 5.71. The molecular weight excluding hydrogens is 314 g/mol. The molecule has 0 radical (unpaired) electrons. The molecule has 0 saturated heterocycles. The van der Waals surface area contributed by atoms with Gasteiger partial charge in [-0.2, -0.15) is 0 Å². The molecule has 1 heteroatoms. The number of aryl methyl sites for hydroxylation is 4. The third kappa shape index (κ3) is 3.06. The lowest BCUT2D eigenvalue weighted by Crippen LogP contribution is -1.98. The van der Waals surface area contributed by atoms with Crippen LogP contribution in [0, 0.1) is 27.7 Å². The zero-order chi connectivity index (χ0) is 18.3. The van der Waals surface area contributed by atoms with E-state index in [0.717, 1.165) is 6.42 Å². The van der Waals surface area contributed by atoms with Crippen LogP contribution in [0.1, 0.15) is 33.4 Å². The van der Waals surface area contributed by atoms with Gasteiger partial charge in [0.1, 0.15) is 0 Å². The topological polar surface area (TPSA) is 4.41 Å². The van der Waals surface area contributed by atoms with Gasteiger partial charge in [-0.3, -0.25) is 0 Å². The largest absolute Gasteiger partial charge is 0.323 e. The predicted octanol–water partition coefficient (Wildman–Crippen LogP) is 6.43. The van der Waals surface area contributed by atoms with Crippen LogP contribution in [0.15, 0.2) is 67.0 Å². The molecule has 0 N–H and O–H groups in total. The minimum Gasteiger partial charge on any atom is -0.323 e. The van der Waals surface area contributed by atoms with Crippen molar-refractivity contribution in [2.24, 2.45) is 0 Å². The van der Waals surface area contributed by atoms with Crippen LogP contribution >= 0.6 is 0 Å². The van der Waals surface area contributed by atoms with Crippen molar-refractivity contribution >= 4 is 5.52 Å². The predicted molar refractivity (Wildman–Crippen MR) is 111 cm³/mol. The highest BCUT2D eigenvalue weighted by Gasteiger charge is 2.09. The highest BCUT2D eigenvalue weighted by Crippen LogP contribution is 2.26. The molecule has 0 aliphatic carbocycles. The van der Waals surface area contributed by atoms with Crippen LogP contribution in [0.2, 0.25) is 0 Å². The van der Waals surface area contributed by atoms with Gasteiger partial charge in [-0.1, -0.05) is 42.5 Å². The Kier molecular flexibility index (Phi) is 4.16. The lowest BCUT2D eigenvalue weighted by molar-refractivity contribution is 1.07. The first-order valence-corrected chi connectivity index (χ1v) is 9.24. The summed E-state index contributed by atoms with van der Waals surface area (Å²) >= 11 is 0. The molecule has 0 bridgehead atoms. The zero-order valence-electron chi connectivity index (χ0n) is 16.0. The maximum atomic E-state index is 2.35. The molecule has 0 amide bonds. The van der Waals surface area contributed by atoms with Crippen LogP contribution in [0.25, 0.3) is 16.6 Å². The van der Waals surface area contributed by atoms with E-state index in [4.69, 9.17) is 0 Å². The van der Waals surface area contributed by atoms with Gasteiger partial charge in [0.25, 0.3) is 0 Å². The van der Waals surface area contributed by atoms with Crippen molar-refractivity contribution in [3.05, 3.63) is 100 Å². The number of fused-ring (bicyclic) bond motifs is 1. The average molecular weight is 339 g/mol. The van der Waals surface area contributed by atoms with Gasteiger partial charge in [0.15, 0.2) is 0 Å². The SMILES string of the molecule is Cc1cc(C)c(Cc2cc3cc(-c4ccccc4)cn3cc2C)cc1C. The van der Waals surface area contributed by atoms with Crippen molar-refractivity contribution in [2.45, 2.75) is 34.1 Å². The Balaban J connectivity index is 1.75. The van der Waals surface area contributed by atoms with Crippen molar-refractivity contribution in [1.82, 2.24) is 4.40 Å². The monoisotopic (exact) mass is 339 g/mol. The van der Waals surface area contributed by atoms with Crippen molar-refractivity contribution in [3.8, 4) is 11.1 Å². The number of pyridine rings is 1. The summed E-state index contributed by atoms with van der Waals surface area (Å²) in [6.07, 6.45) is 5.47. The van der Waals surface area contributed by atoms with E-state index >= 15 is 0 Å². The van der Waals surface area contributed by atoms with Gasteiger partial charge >= 0.3 is 0 Å². The molecule has 4 rings (SSSR count). The third-order valence-corrected chi connectivity index (χ3v) is 5.48. The maximum Gasteiger partial charge on any atom is 0.0459 e. The fourth-order valence-corrected chi connectivity index (χ4v) is 3.70. The third-order valence-electron chi connectivity index (χ3n) is 5.48. The molecule has 0 fully saturated rings. The Morgan fingerprint density at radius 2 is 1.31 bits per heavy atom.